The van der Waals surface area contributed by atoms with E-state index in [0.717, 1.165) is 6.07 Å². The monoisotopic (exact) mass is 423 g/mol. The Kier molecular flexibility index (Phi) is 6.16. The first-order valence-corrected chi connectivity index (χ1v) is 9.60. The number of amides is 2. The summed E-state index contributed by atoms with van der Waals surface area (Å²) < 4.78 is 40.1. The molecule has 1 saturated heterocycles. The van der Waals surface area contributed by atoms with Gasteiger partial charge in [0.15, 0.2) is 0 Å². The smallest absolute Gasteiger partial charge is 0.370 e. The fraction of sp³-hybridized carbons (Fsp3) is 0.450. The molecule has 162 valence electrons. The Morgan fingerprint density at radius 1 is 1.30 bits per heavy atom. The van der Waals surface area contributed by atoms with Crippen LogP contribution in [0.15, 0.2) is 30.5 Å². The summed E-state index contributed by atoms with van der Waals surface area (Å²) in [5.41, 5.74) is 10.5. The van der Waals surface area contributed by atoms with Crippen molar-refractivity contribution in [2.24, 2.45) is 17.4 Å². The first kappa shape index (κ1) is 21.8. The van der Waals surface area contributed by atoms with Crippen LogP contribution in [0.5, 0.6) is 0 Å². The number of alkyl halides is 3. The Hall–Kier alpha value is -2.88. The van der Waals surface area contributed by atoms with Crippen molar-refractivity contribution in [3.8, 4) is 0 Å². The number of nitrogens with two attached hydrogens (primary N) is 2. The van der Waals surface area contributed by atoms with Crippen LogP contribution in [-0.2, 0) is 15.8 Å². The van der Waals surface area contributed by atoms with Crippen molar-refractivity contribution in [3.63, 3.8) is 0 Å². The van der Waals surface area contributed by atoms with Crippen molar-refractivity contribution < 1.29 is 22.8 Å². The molecule has 2 heterocycles. The second-order valence-electron chi connectivity index (χ2n) is 7.76. The Balaban J connectivity index is 1.86. The highest BCUT2D eigenvalue weighted by Crippen LogP contribution is 2.38. The number of rotatable bonds is 5. The summed E-state index contributed by atoms with van der Waals surface area (Å²) in [6.45, 7) is 3.02. The maximum Gasteiger partial charge on any atom is 0.418 e. The van der Waals surface area contributed by atoms with Crippen LogP contribution in [0.4, 0.5) is 18.9 Å². The highest BCUT2D eigenvalue weighted by molar-refractivity contribution is 5.94. The fourth-order valence-corrected chi connectivity index (χ4v) is 3.93. The third-order valence-corrected chi connectivity index (χ3v) is 5.16. The van der Waals surface area contributed by atoms with Crippen molar-refractivity contribution in [2.75, 3.05) is 18.0 Å². The largest absolute Gasteiger partial charge is 0.418 e. The van der Waals surface area contributed by atoms with Crippen LogP contribution in [0.2, 0.25) is 0 Å². The molecule has 0 radical (unpaired) electrons. The molecule has 0 aliphatic carbocycles. The lowest BCUT2D eigenvalue weighted by Crippen LogP contribution is -2.54. The van der Waals surface area contributed by atoms with Gasteiger partial charge in [0.05, 0.1) is 23.5 Å². The van der Waals surface area contributed by atoms with Crippen LogP contribution < -0.4 is 21.7 Å². The lowest BCUT2D eigenvalue weighted by atomic mass is 9.94. The quantitative estimate of drug-likeness (QED) is 0.678. The summed E-state index contributed by atoms with van der Waals surface area (Å²) in [4.78, 5) is 29.2. The van der Waals surface area contributed by atoms with Crippen LogP contribution >= 0.6 is 0 Å². The molecular formula is C20H24F3N5O2. The first-order chi connectivity index (χ1) is 14.1. The van der Waals surface area contributed by atoms with Gasteiger partial charge in [0.25, 0.3) is 0 Å². The van der Waals surface area contributed by atoms with Gasteiger partial charge < -0.3 is 21.7 Å². The number of anilines is 1. The number of hydrogen-bond donors (Lipinski definition) is 3. The van der Waals surface area contributed by atoms with E-state index in [4.69, 9.17) is 11.5 Å². The van der Waals surface area contributed by atoms with Crippen molar-refractivity contribution in [1.29, 1.82) is 0 Å². The molecule has 1 aliphatic rings. The van der Waals surface area contributed by atoms with E-state index < -0.39 is 29.6 Å². The number of carbonyl (C=O) groups excluding carboxylic acids is 2. The maximum absolute atomic E-state index is 13.4. The third-order valence-electron chi connectivity index (χ3n) is 5.16. The van der Waals surface area contributed by atoms with Gasteiger partial charge in [0.1, 0.15) is 0 Å². The average molecular weight is 423 g/mol. The number of halogens is 3. The molecule has 0 saturated carbocycles. The van der Waals surface area contributed by atoms with E-state index in [1.165, 1.54) is 12.3 Å². The molecule has 10 heteroatoms. The summed E-state index contributed by atoms with van der Waals surface area (Å²) in [5.74, 6) is -0.975. The van der Waals surface area contributed by atoms with Crippen LogP contribution in [0, 0.1) is 5.92 Å². The molecule has 0 bridgehead atoms. The number of primary amides is 1. The first-order valence-electron chi connectivity index (χ1n) is 9.60. The van der Waals surface area contributed by atoms with Crippen molar-refractivity contribution in [2.45, 2.75) is 38.0 Å². The molecule has 0 spiro atoms. The number of nitrogens with zero attached hydrogens (tertiary/aromatic N) is 2. The Morgan fingerprint density at radius 3 is 2.70 bits per heavy atom. The number of carbonyl (C=O) groups is 2. The minimum Gasteiger partial charge on any atom is -0.370 e. The van der Waals surface area contributed by atoms with Crippen molar-refractivity contribution in [1.82, 2.24) is 10.3 Å². The molecule has 1 aromatic heterocycles. The Morgan fingerprint density at radius 2 is 2.03 bits per heavy atom. The van der Waals surface area contributed by atoms with Crippen molar-refractivity contribution >= 4 is 28.4 Å². The second-order valence-corrected chi connectivity index (χ2v) is 7.76. The molecule has 1 aromatic carbocycles. The van der Waals surface area contributed by atoms with E-state index in [1.54, 1.807) is 12.1 Å². The summed E-state index contributed by atoms with van der Waals surface area (Å²) in [6.07, 6.45) is -2.74. The topological polar surface area (TPSA) is 114 Å². The van der Waals surface area contributed by atoms with Gasteiger partial charge in [0.2, 0.25) is 11.8 Å². The highest BCUT2D eigenvalue weighted by Gasteiger charge is 2.35. The van der Waals surface area contributed by atoms with E-state index in [1.807, 2.05) is 11.8 Å². The van der Waals surface area contributed by atoms with E-state index in [2.05, 4.69) is 10.3 Å². The molecule has 3 atom stereocenters. The normalized spacial score (nSPS) is 20.8. The lowest BCUT2D eigenvalue weighted by Gasteiger charge is -2.39. The number of pyridine rings is 1. The van der Waals surface area contributed by atoms with Crippen LogP contribution in [0.3, 0.4) is 0 Å². The summed E-state index contributed by atoms with van der Waals surface area (Å²) >= 11 is 0. The van der Waals surface area contributed by atoms with Gasteiger partial charge in [-0.25, -0.2) is 0 Å². The fourth-order valence-electron chi connectivity index (χ4n) is 3.93. The number of hydrogen-bond acceptors (Lipinski definition) is 5. The minimum absolute atomic E-state index is 0.107. The Bertz CT molecular complexity index is 950. The Labute approximate surface area is 171 Å². The number of nitrogens with one attached hydrogen (secondary N) is 1. The molecule has 1 aliphatic heterocycles. The van der Waals surface area contributed by atoms with Crippen LogP contribution in [0.1, 0.15) is 25.3 Å². The summed E-state index contributed by atoms with van der Waals surface area (Å²) in [6, 6.07) is 4.39. The van der Waals surface area contributed by atoms with Gasteiger partial charge in [0, 0.05) is 36.4 Å². The zero-order chi connectivity index (χ0) is 22.1. The number of aromatic nitrogens is 1. The minimum atomic E-state index is -4.51. The molecule has 30 heavy (non-hydrogen) atoms. The standard InChI is InChI=1S/C20H24F3N5O2/c1-11-7-12(27-19(30)15(24)8-17(25)29)10-28(9-11)16-5-4-14(20(21,22)23)18-13(16)3-2-6-26-18/h2-6,11-12,15H,7-10,24H2,1H3,(H2,25,29)(H,27,30)/t11-,12+,15?/m0/s1. The zero-order valence-electron chi connectivity index (χ0n) is 16.4. The lowest BCUT2D eigenvalue weighted by molar-refractivity contribution is -0.136. The molecule has 2 amide bonds. The molecule has 3 rings (SSSR count). The molecule has 5 N–H and O–H groups in total. The predicted octanol–water partition coefficient (Wildman–Crippen LogP) is 1.79. The molecule has 2 aromatic rings. The third kappa shape index (κ3) is 4.81. The predicted molar refractivity (Wildman–Crippen MR) is 106 cm³/mol. The number of benzene rings is 1. The summed E-state index contributed by atoms with van der Waals surface area (Å²) in [7, 11) is 0. The van der Waals surface area contributed by atoms with E-state index in [-0.39, 0.29) is 23.9 Å². The van der Waals surface area contributed by atoms with Crippen molar-refractivity contribution in [3.05, 3.63) is 36.0 Å². The maximum atomic E-state index is 13.4. The summed E-state index contributed by atoms with van der Waals surface area (Å²) in [5, 5.41) is 3.23. The highest BCUT2D eigenvalue weighted by atomic mass is 19.4. The average Bonchev–Trinajstić information content (AvgIpc) is 2.65. The van der Waals surface area contributed by atoms with Crippen LogP contribution in [-0.4, -0.2) is 42.0 Å². The molecule has 1 unspecified atom stereocenters. The van der Waals surface area contributed by atoms with Gasteiger partial charge in [-0.2, -0.15) is 13.2 Å². The van der Waals surface area contributed by atoms with E-state index in [9.17, 15) is 22.8 Å². The van der Waals surface area contributed by atoms with Gasteiger partial charge in [-0.1, -0.05) is 6.92 Å². The zero-order valence-corrected chi connectivity index (χ0v) is 16.4. The molecule has 1 fully saturated rings. The van der Waals surface area contributed by atoms with E-state index in [0.29, 0.717) is 30.6 Å². The number of piperidine rings is 1. The van der Waals surface area contributed by atoms with Gasteiger partial charge in [-0.15, -0.1) is 0 Å². The van der Waals surface area contributed by atoms with Gasteiger partial charge >= 0.3 is 6.18 Å². The second kappa shape index (κ2) is 8.47. The van der Waals surface area contributed by atoms with E-state index >= 15 is 0 Å². The van der Waals surface area contributed by atoms with Gasteiger partial charge in [-0.3, -0.25) is 14.6 Å². The van der Waals surface area contributed by atoms with Gasteiger partial charge in [-0.05, 0) is 36.6 Å². The number of fused-ring (bicyclic) bond motifs is 1. The van der Waals surface area contributed by atoms with Crippen LogP contribution in [0.25, 0.3) is 10.9 Å². The molecular weight excluding hydrogens is 399 g/mol. The molecule has 7 nitrogen and oxygen atoms in total. The SMILES string of the molecule is C[C@H]1C[C@@H](NC(=O)C(N)CC(N)=O)CN(c2ccc(C(F)(F)F)c3ncccc23)C1.